The topological polar surface area (TPSA) is 35.5 Å². The molecule has 1 aliphatic heterocycles. The molecule has 0 spiro atoms. The molecular weight excluding hydrogens is 228 g/mol. The van der Waals surface area contributed by atoms with E-state index in [9.17, 15) is 4.79 Å². The van der Waals surface area contributed by atoms with Gasteiger partial charge in [-0.1, -0.05) is 30.3 Å². The number of carbonyl (C=O) groups excluding carboxylic acids is 1. The molecule has 0 radical (unpaired) electrons. The van der Waals surface area contributed by atoms with Gasteiger partial charge in [0, 0.05) is 5.56 Å². The monoisotopic (exact) mass is 240 g/mol. The van der Waals surface area contributed by atoms with Gasteiger partial charge in [0.1, 0.15) is 11.5 Å². The third-order valence-corrected chi connectivity index (χ3v) is 3.04. The molecule has 3 nitrogen and oxygen atoms in total. The fraction of sp³-hybridized carbons (Fsp3) is 0.133. The first kappa shape index (κ1) is 10.8. The summed E-state index contributed by atoms with van der Waals surface area (Å²) in [6.07, 6.45) is 0.285. The van der Waals surface area contributed by atoms with E-state index < -0.39 is 0 Å². The number of benzene rings is 2. The molecule has 0 unspecified atom stereocenters. The Labute approximate surface area is 105 Å². The predicted octanol–water partition coefficient (Wildman–Crippen LogP) is 2.82. The molecule has 90 valence electrons. The number of esters is 1. The highest BCUT2D eigenvalue weighted by molar-refractivity contribution is 5.84. The number of methoxy groups -OCH3 is 1. The molecule has 0 atom stereocenters. The second kappa shape index (κ2) is 4.18. The fourth-order valence-electron chi connectivity index (χ4n) is 2.17. The Kier molecular flexibility index (Phi) is 2.52. The molecule has 3 rings (SSSR count). The summed E-state index contributed by atoms with van der Waals surface area (Å²) in [4.78, 5) is 11.3. The van der Waals surface area contributed by atoms with E-state index in [0.29, 0.717) is 11.5 Å². The van der Waals surface area contributed by atoms with Crippen molar-refractivity contribution in [1.29, 1.82) is 0 Å². The van der Waals surface area contributed by atoms with Gasteiger partial charge >= 0.3 is 5.97 Å². The van der Waals surface area contributed by atoms with Gasteiger partial charge in [0.2, 0.25) is 0 Å². The van der Waals surface area contributed by atoms with Crippen LogP contribution in [-0.2, 0) is 11.2 Å². The van der Waals surface area contributed by atoms with Crippen molar-refractivity contribution in [3.05, 3.63) is 48.0 Å². The van der Waals surface area contributed by atoms with Gasteiger partial charge in [-0.25, -0.2) is 0 Å². The van der Waals surface area contributed by atoms with Crippen molar-refractivity contribution in [3.63, 3.8) is 0 Å². The Balaban J connectivity index is 2.14. The molecule has 0 aliphatic carbocycles. The Hall–Kier alpha value is -2.29. The lowest BCUT2D eigenvalue weighted by Gasteiger charge is -2.09. The maximum absolute atomic E-state index is 11.3. The highest BCUT2D eigenvalue weighted by atomic mass is 16.5. The first-order chi connectivity index (χ1) is 8.78. The molecule has 0 aromatic heterocycles. The average molecular weight is 240 g/mol. The van der Waals surface area contributed by atoms with Gasteiger partial charge in [0.15, 0.2) is 0 Å². The fourth-order valence-corrected chi connectivity index (χ4v) is 2.17. The van der Waals surface area contributed by atoms with E-state index >= 15 is 0 Å². The third-order valence-electron chi connectivity index (χ3n) is 3.04. The van der Waals surface area contributed by atoms with Crippen LogP contribution in [0.5, 0.6) is 11.5 Å². The van der Waals surface area contributed by atoms with Gasteiger partial charge in [0.25, 0.3) is 0 Å². The summed E-state index contributed by atoms with van der Waals surface area (Å²) in [6, 6.07) is 13.8. The van der Waals surface area contributed by atoms with Gasteiger partial charge < -0.3 is 9.47 Å². The molecule has 2 aromatic carbocycles. The summed E-state index contributed by atoms with van der Waals surface area (Å²) < 4.78 is 10.5. The zero-order valence-electron chi connectivity index (χ0n) is 9.97. The number of fused-ring (bicyclic) bond motifs is 1. The lowest BCUT2D eigenvalue weighted by atomic mass is 10.0. The van der Waals surface area contributed by atoms with E-state index in [1.165, 1.54) is 0 Å². The number of hydrogen-bond donors (Lipinski definition) is 0. The second-order valence-corrected chi connectivity index (χ2v) is 4.17. The Morgan fingerprint density at radius 3 is 2.61 bits per heavy atom. The zero-order chi connectivity index (χ0) is 12.5. The van der Waals surface area contributed by atoms with Crippen molar-refractivity contribution < 1.29 is 14.3 Å². The van der Waals surface area contributed by atoms with Crippen molar-refractivity contribution in [2.45, 2.75) is 6.42 Å². The van der Waals surface area contributed by atoms with Gasteiger partial charge in [-0.3, -0.25) is 4.79 Å². The smallest absolute Gasteiger partial charge is 0.315 e. The van der Waals surface area contributed by atoms with Crippen LogP contribution < -0.4 is 9.47 Å². The minimum Gasteiger partial charge on any atom is -0.496 e. The number of carbonyl (C=O) groups is 1. The van der Waals surface area contributed by atoms with E-state index in [1.54, 1.807) is 7.11 Å². The summed E-state index contributed by atoms with van der Waals surface area (Å²) in [5, 5.41) is 0. The Morgan fingerprint density at radius 1 is 1.11 bits per heavy atom. The molecule has 0 N–H and O–H groups in total. The minimum atomic E-state index is -0.228. The van der Waals surface area contributed by atoms with E-state index in [0.717, 1.165) is 16.7 Å². The SMILES string of the molecule is COc1cc(-c2ccccc2)cc2c1CC(=O)O2. The first-order valence-electron chi connectivity index (χ1n) is 5.75. The van der Waals surface area contributed by atoms with E-state index in [1.807, 2.05) is 42.5 Å². The van der Waals surface area contributed by atoms with Crippen LogP contribution in [0.4, 0.5) is 0 Å². The minimum absolute atomic E-state index is 0.228. The largest absolute Gasteiger partial charge is 0.496 e. The van der Waals surface area contributed by atoms with Crippen LogP contribution in [0.25, 0.3) is 11.1 Å². The van der Waals surface area contributed by atoms with Crippen molar-refractivity contribution in [3.8, 4) is 22.6 Å². The molecule has 0 saturated heterocycles. The highest BCUT2D eigenvalue weighted by Gasteiger charge is 2.25. The van der Waals surface area contributed by atoms with Crippen LogP contribution in [0, 0.1) is 0 Å². The van der Waals surface area contributed by atoms with E-state index in [-0.39, 0.29) is 12.4 Å². The van der Waals surface area contributed by atoms with Crippen LogP contribution in [0.2, 0.25) is 0 Å². The van der Waals surface area contributed by atoms with Crippen LogP contribution in [0.15, 0.2) is 42.5 Å². The maximum atomic E-state index is 11.3. The molecule has 1 heterocycles. The standard InChI is InChI=1S/C15H12O3/c1-17-13-7-11(10-5-3-2-4-6-10)8-14-12(13)9-15(16)18-14/h2-8H,9H2,1H3. The highest BCUT2D eigenvalue weighted by Crippen LogP contribution is 2.38. The van der Waals surface area contributed by atoms with Crippen molar-refractivity contribution in [2.24, 2.45) is 0 Å². The molecule has 3 heteroatoms. The summed E-state index contributed by atoms with van der Waals surface area (Å²) in [5.74, 6) is 1.09. The summed E-state index contributed by atoms with van der Waals surface area (Å²) in [7, 11) is 1.60. The van der Waals surface area contributed by atoms with E-state index in [4.69, 9.17) is 9.47 Å². The first-order valence-corrected chi connectivity index (χ1v) is 5.75. The van der Waals surface area contributed by atoms with Gasteiger partial charge in [-0.15, -0.1) is 0 Å². The number of ether oxygens (including phenoxy) is 2. The normalized spacial score (nSPS) is 13.1. The molecule has 18 heavy (non-hydrogen) atoms. The summed E-state index contributed by atoms with van der Waals surface area (Å²) in [6.45, 7) is 0. The molecule has 2 aromatic rings. The quantitative estimate of drug-likeness (QED) is 0.598. The number of hydrogen-bond acceptors (Lipinski definition) is 3. The maximum Gasteiger partial charge on any atom is 0.315 e. The molecule has 0 bridgehead atoms. The Bertz CT molecular complexity index is 603. The molecule has 0 fully saturated rings. The molecule has 0 amide bonds. The van der Waals surface area contributed by atoms with Crippen molar-refractivity contribution in [1.82, 2.24) is 0 Å². The lowest BCUT2D eigenvalue weighted by Crippen LogP contribution is -2.00. The average Bonchev–Trinajstić information content (AvgIpc) is 2.78. The van der Waals surface area contributed by atoms with Crippen LogP contribution >= 0.6 is 0 Å². The summed E-state index contributed by atoms with van der Waals surface area (Å²) in [5.41, 5.74) is 2.89. The second-order valence-electron chi connectivity index (χ2n) is 4.17. The third kappa shape index (κ3) is 1.74. The van der Waals surface area contributed by atoms with Crippen LogP contribution in [0.3, 0.4) is 0 Å². The Morgan fingerprint density at radius 2 is 1.89 bits per heavy atom. The van der Waals surface area contributed by atoms with Crippen molar-refractivity contribution >= 4 is 5.97 Å². The van der Waals surface area contributed by atoms with Gasteiger partial charge in [-0.2, -0.15) is 0 Å². The van der Waals surface area contributed by atoms with Crippen molar-refractivity contribution in [2.75, 3.05) is 7.11 Å². The molecule has 1 aliphatic rings. The lowest BCUT2D eigenvalue weighted by molar-refractivity contribution is -0.131. The van der Waals surface area contributed by atoms with E-state index in [2.05, 4.69) is 0 Å². The van der Waals surface area contributed by atoms with Gasteiger partial charge in [-0.05, 0) is 23.3 Å². The molecular formula is C15H12O3. The predicted molar refractivity (Wildman–Crippen MR) is 67.8 cm³/mol. The van der Waals surface area contributed by atoms with Crippen LogP contribution in [0.1, 0.15) is 5.56 Å². The van der Waals surface area contributed by atoms with Gasteiger partial charge in [0.05, 0.1) is 13.5 Å². The molecule has 0 saturated carbocycles. The summed E-state index contributed by atoms with van der Waals surface area (Å²) >= 11 is 0. The number of rotatable bonds is 2. The zero-order valence-corrected chi connectivity index (χ0v) is 9.97. The van der Waals surface area contributed by atoms with Crippen LogP contribution in [-0.4, -0.2) is 13.1 Å².